The van der Waals surface area contributed by atoms with Crippen LogP contribution in [0, 0.1) is 5.41 Å². The van der Waals surface area contributed by atoms with E-state index in [2.05, 4.69) is 6.92 Å². The standard InChI is InChI=1S/C8H12O4.C7H16O/c9-6(10)8(7(11)12)4-2-1-3-5-8;1-3-5-6-7(8)4-2/h1-5H2,(H,9,10)(H,11,12);7-8H,3-6H2,1-2H3. The number of hydrogen-bond donors (Lipinski definition) is 3. The van der Waals surface area contributed by atoms with Gasteiger partial charge in [-0.05, 0) is 25.7 Å². The first-order chi connectivity index (χ1) is 9.40. The van der Waals surface area contributed by atoms with E-state index in [1.54, 1.807) is 0 Å². The van der Waals surface area contributed by atoms with Crippen LogP contribution in [0.15, 0.2) is 0 Å². The van der Waals surface area contributed by atoms with Crippen LogP contribution < -0.4 is 0 Å². The summed E-state index contributed by atoms with van der Waals surface area (Å²) in [6, 6.07) is 0. The quantitative estimate of drug-likeness (QED) is 0.653. The van der Waals surface area contributed by atoms with Crippen LogP contribution >= 0.6 is 0 Å². The van der Waals surface area contributed by atoms with E-state index in [4.69, 9.17) is 15.3 Å². The SMILES string of the molecule is CCCCC(O)CC.O=C(O)C1(C(=O)O)CCCCC1. The molecular weight excluding hydrogens is 260 g/mol. The lowest BCUT2D eigenvalue weighted by molar-refractivity contribution is -0.167. The van der Waals surface area contributed by atoms with Crippen LogP contribution in [0.25, 0.3) is 0 Å². The minimum Gasteiger partial charge on any atom is -0.480 e. The maximum atomic E-state index is 10.7. The highest BCUT2D eigenvalue weighted by Gasteiger charge is 2.46. The Morgan fingerprint density at radius 1 is 1.05 bits per heavy atom. The predicted octanol–water partition coefficient (Wildman–Crippen LogP) is 3.05. The Kier molecular flexibility index (Phi) is 9.21. The first-order valence-electron chi connectivity index (χ1n) is 7.55. The molecule has 1 unspecified atom stereocenters. The second kappa shape index (κ2) is 9.75. The van der Waals surface area contributed by atoms with E-state index < -0.39 is 17.4 Å². The lowest BCUT2D eigenvalue weighted by Crippen LogP contribution is -2.40. The molecule has 0 radical (unpaired) electrons. The zero-order valence-electron chi connectivity index (χ0n) is 12.6. The van der Waals surface area contributed by atoms with Crippen LogP contribution in [0.5, 0.6) is 0 Å². The van der Waals surface area contributed by atoms with Gasteiger partial charge in [-0.25, -0.2) is 0 Å². The molecule has 1 aliphatic carbocycles. The molecule has 0 spiro atoms. The van der Waals surface area contributed by atoms with Crippen molar-refractivity contribution < 1.29 is 24.9 Å². The molecule has 0 aromatic carbocycles. The van der Waals surface area contributed by atoms with Gasteiger partial charge >= 0.3 is 11.9 Å². The third-order valence-corrected chi connectivity index (χ3v) is 3.89. The molecule has 0 amide bonds. The highest BCUT2D eigenvalue weighted by Crippen LogP contribution is 2.36. The molecule has 118 valence electrons. The Bertz CT molecular complexity index is 279. The zero-order valence-corrected chi connectivity index (χ0v) is 12.6. The van der Waals surface area contributed by atoms with Crippen molar-refractivity contribution >= 4 is 11.9 Å². The summed E-state index contributed by atoms with van der Waals surface area (Å²) >= 11 is 0. The van der Waals surface area contributed by atoms with Crippen molar-refractivity contribution in [2.45, 2.75) is 77.7 Å². The van der Waals surface area contributed by atoms with Crippen molar-refractivity contribution in [1.29, 1.82) is 0 Å². The molecule has 1 atom stereocenters. The van der Waals surface area contributed by atoms with Crippen molar-refractivity contribution in [2.75, 3.05) is 0 Å². The molecule has 1 fully saturated rings. The molecule has 0 aromatic heterocycles. The summed E-state index contributed by atoms with van der Waals surface area (Å²) in [6.07, 6.45) is 7.10. The molecule has 0 bridgehead atoms. The van der Waals surface area contributed by atoms with Crippen molar-refractivity contribution in [3.63, 3.8) is 0 Å². The second-order valence-corrected chi connectivity index (χ2v) is 5.46. The maximum absolute atomic E-state index is 10.7. The zero-order chi connectivity index (χ0) is 15.6. The van der Waals surface area contributed by atoms with Gasteiger partial charge in [0.2, 0.25) is 0 Å². The molecule has 0 saturated heterocycles. The van der Waals surface area contributed by atoms with Crippen LogP contribution in [0.3, 0.4) is 0 Å². The van der Waals surface area contributed by atoms with Gasteiger partial charge in [-0.3, -0.25) is 9.59 Å². The average molecular weight is 288 g/mol. The Balaban J connectivity index is 0.000000396. The lowest BCUT2D eigenvalue weighted by Gasteiger charge is -2.28. The largest absolute Gasteiger partial charge is 0.480 e. The summed E-state index contributed by atoms with van der Waals surface area (Å²) in [4.78, 5) is 21.5. The fourth-order valence-electron chi connectivity index (χ4n) is 2.32. The number of aliphatic hydroxyl groups excluding tert-OH is 1. The fraction of sp³-hybridized carbons (Fsp3) is 0.867. The number of unbranched alkanes of at least 4 members (excludes halogenated alkanes) is 1. The molecule has 5 nitrogen and oxygen atoms in total. The predicted molar refractivity (Wildman–Crippen MR) is 76.6 cm³/mol. The minimum absolute atomic E-state index is 0.0463. The third-order valence-electron chi connectivity index (χ3n) is 3.89. The highest BCUT2D eigenvalue weighted by atomic mass is 16.4. The number of carboxylic acid groups (broad SMARTS) is 2. The van der Waals surface area contributed by atoms with Gasteiger partial charge in [0.25, 0.3) is 0 Å². The Labute approximate surface area is 121 Å². The number of carbonyl (C=O) groups is 2. The first-order valence-corrected chi connectivity index (χ1v) is 7.55. The van der Waals surface area contributed by atoms with E-state index in [0.29, 0.717) is 12.8 Å². The van der Waals surface area contributed by atoms with Gasteiger partial charge in [0, 0.05) is 0 Å². The summed E-state index contributed by atoms with van der Waals surface area (Å²) in [7, 11) is 0. The van der Waals surface area contributed by atoms with Crippen LogP contribution in [0.1, 0.15) is 71.6 Å². The molecule has 1 saturated carbocycles. The van der Waals surface area contributed by atoms with Gasteiger partial charge in [-0.1, -0.05) is 46.0 Å². The Hall–Kier alpha value is -1.10. The topological polar surface area (TPSA) is 94.8 Å². The molecule has 0 aromatic rings. The normalized spacial score (nSPS) is 18.6. The summed E-state index contributed by atoms with van der Waals surface area (Å²) < 4.78 is 0. The van der Waals surface area contributed by atoms with Gasteiger partial charge in [-0.2, -0.15) is 0 Å². The number of aliphatic carboxylic acids is 2. The monoisotopic (exact) mass is 288 g/mol. The molecule has 3 N–H and O–H groups in total. The van der Waals surface area contributed by atoms with Gasteiger partial charge in [0.1, 0.15) is 0 Å². The van der Waals surface area contributed by atoms with Crippen molar-refractivity contribution in [3.8, 4) is 0 Å². The van der Waals surface area contributed by atoms with Crippen molar-refractivity contribution in [2.24, 2.45) is 5.41 Å². The van der Waals surface area contributed by atoms with Crippen LogP contribution in [-0.2, 0) is 9.59 Å². The summed E-state index contributed by atoms with van der Waals surface area (Å²) in [5.74, 6) is -2.37. The average Bonchev–Trinajstić information content (AvgIpc) is 2.45. The van der Waals surface area contributed by atoms with Gasteiger partial charge in [0.05, 0.1) is 6.10 Å². The molecule has 1 aliphatic rings. The summed E-state index contributed by atoms with van der Waals surface area (Å²) in [5, 5.41) is 26.5. The summed E-state index contributed by atoms with van der Waals surface area (Å²) in [6.45, 7) is 4.16. The van der Waals surface area contributed by atoms with E-state index >= 15 is 0 Å². The van der Waals surface area contributed by atoms with Crippen molar-refractivity contribution in [3.05, 3.63) is 0 Å². The number of rotatable bonds is 6. The van der Waals surface area contributed by atoms with Crippen LogP contribution in [0.4, 0.5) is 0 Å². The Morgan fingerprint density at radius 3 is 1.85 bits per heavy atom. The maximum Gasteiger partial charge on any atom is 0.321 e. The molecule has 0 aliphatic heterocycles. The smallest absolute Gasteiger partial charge is 0.321 e. The second-order valence-electron chi connectivity index (χ2n) is 5.46. The molecule has 20 heavy (non-hydrogen) atoms. The van der Waals surface area contributed by atoms with Crippen molar-refractivity contribution in [1.82, 2.24) is 0 Å². The van der Waals surface area contributed by atoms with Crippen LogP contribution in [-0.4, -0.2) is 33.4 Å². The van der Waals surface area contributed by atoms with Gasteiger partial charge in [0.15, 0.2) is 5.41 Å². The molecule has 5 heteroatoms. The summed E-state index contributed by atoms with van der Waals surface area (Å²) in [5.41, 5.74) is -1.49. The molecule has 1 rings (SSSR count). The number of carboxylic acids is 2. The lowest BCUT2D eigenvalue weighted by atomic mass is 9.74. The van der Waals surface area contributed by atoms with E-state index in [1.807, 2.05) is 6.92 Å². The van der Waals surface area contributed by atoms with Gasteiger partial charge < -0.3 is 15.3 Å². The van der Waals surface area contributed by atoms with Gasteiger partial charge in [-0.15, -0.1) is 0 Å². The third kappa shape index (κ3) is 5.90. The van der Waals surface area contributed by atoms with E-state index in [-0.39, 0.29) is 18.9 Å². The van der Waals surface area contributed by atoms with Crippen LogP contribution in [0.2, 0.25) is 0 Å². The van der Waals surface area contributed by atoms with E-state index in [9.17, 15) is 9.59 Å². The molecule has 0 heterocycles. The number of hydrogen-bond acceptors (Lipinski definition) is 3. The Morgan fingerprint density at radius 2 is 1.55 bits per heavy atom. The number of aliphatic hydroxyl groups is 1. The first kappa shape index (κ1) is 18.9. The van der Waals surface area contributed by atoms with E-state index in [0.717, 1.165) is 25.7 Å². The minimum atomic E-state index is -1.49. The fourth-order valence-corrected chi connectivity index (χ4v) is 2.32. The van der Waals surface area contributed by atoms with E-state index in [1.165, 1.54) is 6.42 Å². The molecular formula is C15H28O5. The highest BCUT2D eigenvalue weighted by molar-refractivity contribution is 5.98.